The molecule has 0 aromatic heterocycles. The number of rotatable bonds is 4. The van der Waals surface area contributed by atoms with Gasteiger partial charge in [-0.2, -0.15) is 13.2 Å². The van der Waals surface area contributed by atoms with Crippen molar-refractivity contribution in [2.75, 3.05) is 18.5 Å². The fourth-order valence-electron chi connectivity index (χ4n) is 3.36. The highest BCUT2D eigenvalue weighted by Crippen LogP contribution is 2.41. The van der Waals surface area contributed by atoms with Crippen LogP contribution in [0.2, 0.25) is 0 Å². The summed E-state index contributed by atoms with van der Waals surface area (Å²) in [5, 5.41) is 13.8. The maximum absolute atomic E-state index is 14.0. The van der Waals surface area contributed by atoms with Crippen molar-refractivity contribution in [3.63, 3.8) is 0 Å². The normalized spacial score (nSPS) is 20.0. The molecule has 0 radical (unpaired) electrons. The summed E-state index contributed by atoms with van der Waals surface area (Å²) < 4.78 is 46.6. The molecule has 3 amide bonds. The molecule has 1 aromatic carbocycles. The smallest absolute Gasteiger partial charge is 0.449 e. The van der Waals surface area contributed by atoms with Gasteiger partial charge in [-0.25, -0.2) is 14.6 Å². The number of alkyl halides is 3. The number of nitrogens with two attached hydrogens (primary N) is 1. The lowest BCUT2D eigenvalue weighted by atomic mass is 10.0. The Bertz CT molecular complexity index is 1080. The number of anilines is 1. The molecule has 0 aliphatic carbocycles. The van der Waals surface area contributed by atoms with E-state index in [1.54, 1.807) is 0 Å². The summed E-state index contributed by atoms with van der Waals surface area (Å²) in [5.41, 5.74) is 3.68. The zero-order valence-electron chi connectivity index (χ0n) is 17.5. The molecular formula is C19H20ClF3N6O5. The highest BCUT2D eigenvalue weighted by Gasteiger charge is 2.44. The second kappa shape index (κ2) is 10.0. The molecule has 2 heterocycles. The van der Waals surface area contributed by atoms with Crippen LogP contribution >= 0.6 is 12.4 Å². The summed E-state index contributed by atoms with van der Waals surface area (Å²) in [5.74, 6) is -1.78. The number of carbonyl (C=O) groups is 3. The minimum atomic E-state index is -4.95. The lowest BCUT2D eigenvalue weighted by Gasteiger charge is -2.38. The van der Waals surface area contributed by atoms with E-state index in [1.165, 1.54) is 13.1 Å². The van der Waals surface area contributed by atoms with E-state index in [2.05, 4.69) is 26.9 Å². The number of guanidine groups is 1. The van der Waals surface area contributed by atoms with Crippen molar-refractivity contribution >= 4 is 42.1 Å². The number of amides is 3. The molecule has 0 saturated carbocycles. The SMILES string of the molecule is C=CC1CN(C2=NC=C(OC(=O)O)C(N)N2c2c(C(=O)NC)cccc2C(F)(F)F)C(=O)N1.Cl. The van der Waals surface area contributed by atoms with Crippen molar-refractivity contribution in [1.29, 1.82) is 0 Å². The Kier molecular flexibility index (Phi) is 7.79. The molecule has 184 valence electrons. The van der Waals surface area contributed by atoms with Gasteiger partial charge in [-0.05, 0) is 12.1 Å². The van der Waals surface area contributed by atoms with Crippen molar-refractivity contribution in [2.24, 2.45) is 10.7 Å². The maximum Gasteiger partial charge on any atom is 0.511 e. The van der Waals surface area contributed by atoms with E-state index in [0.717, 1.165) is 34.2 Å². The zero-order chi connectivity index (χ0) is 24.5. The van der Waals surface area contributed by atoms with Crippen molar-refractivity contribution in [1.82, 2.24) is 15.5 Å². The first-order chi connectivity index (χ1) is 15.5. The molecule has 2 atom stereocenters. The number of carboxylic acid groups (broad SMARTS) is 1. The third kappa shape index (κ3) is 4.92. The van der Waals surface area contributed by atoms with Crippen LogP contribution in [0.3, 0.4) is 0 Å². The molecule has 1 fully saturated rings. The van der Waals surface area contributed by atoms with E-state index in [0.29, 0.717) is 0 Å². The minimum absolute atomic E-state index is 0. The van der Waals surface area contributed by atoms with Crippen molar-refractivity contribution < 1.29 is 37.4 Å². The molecule has 2 aliphatic rings. The van der Waals surface area contributed by atoms with E-state index in [4.69, 9.17) is 10.8 Å². The van der Waals surface area contributed by atoms with E-state index in [1.807, 2.05) is 0 Å². The fourth-order valence-corrected chi connectivity index (χ4v) is 3.36. The number of para-hydroxylation sites is 1. The molecule has 2 unspecified atom stereocenters. The van der Waals surface area contributed by atoms with E-state index >= 15 is 0 Å². The van der Waals surface area contributed by atoms with Crippen LogP contribution in [-0.2, 0) is 10.9 Å². The van der Waals surface area contributed by atoms with Crippen LogP contribution in [0.15, 0.2) is 47.8 Å². The van der Waals surface area contributed by atoms with Crippen LogP contribution in [0, 0.1) is 0 Å². The lowest BCUT2D eigenvalue weighted by Crippen LogP contribution is -2.57. The van der Waals surface area contributed by atoms with Gasteiger partial charge < -0.3 is 26.2 Å². The van der Waals surface area contributed by atoms with Gasteiger partial charge in [0.15, 0.2) is 5.76 Å². The third-order valence-electron chi connectivity index (χ3n) is 4.81. The molecule has 1 saturated heterocycles. The van der Waals surface area contributed by atoms with Gasteiger partial charge in [-0.1, -0.05) is 12.1 Å². The number of benzene rings is 1. The number of nitrogens with one attached hydrogen (secondary N) is 2. The standard InChI is InChI=1S/C19H19F3N6O5.ClH/c1-3-9-8-27(17(30)26-9)16-25-7-12(33-18(31)32)14(23)28(16)13-10(15(29)24-2)5-4-6-11(13)19(20,21)22;/h3-7,9,14H,1,8,23H2,2H3,(H,24,29)(H,26,30)(H,31,32);1H. The number of urea groups is 1. The highest BCUT2D eigenvalue weighted by molar-refractivity contribution is 6.11. The maximum atomic E-state index is 14.0. The van der Waals surface area contributed by atoms with Crippen LogP contribution in [-0.4, -0.2) is 59.9 Å². The predicted octanol–water partition coefficient (Wildman–Crippen LogP) is 2.06. The second-order valence-corrected chi connectivity index (χ2v) is 6.82. The number of carbonyl (C=O) groups excluding carboxylic acids is 2. The minimum Gasteiger partial charge on any atom is -0.449 e. The van der Waals surface area contributed by atoms with Crippen LogP contribution in [0.1, 0.15) is 15.9 Å². The lowest BCUT2D eigenvalue weighted by molar-refractivity contribution is -0.137. The topological polar surface area (TPSA) is 150 Å². The summed E-state index contributed by atoms with van der Waals surface area (Å²) in [4.78, 5) is 41.8. The molecule has 0 bridgehead atoms. The van der Waals surface area contributed by atoms with Gasteiger partial charge >= 0.3 is 18.4 Å². The Hall–Kier alpha value is -3.78. The molecule has 2 aliphatic heterocycles. The van der Waals surface area contributed by atoms with E-state index < -0.39 is 59.1 Å². The van der Waals surface area contributed by atoms with Crippen molar-refractivity contribution in [2.45, 2.75) is 18.4 Å². The average Bonchev–Trinajstić information content (AvgIpc) is 3.13. The van der Waals surface area contributed by atoms with Crippen LogP contribution in [0.25, 0.3) is 0 Å². The van der Waals surface area contributed by atoms with Gasteiger partial charge in [-0.3, -0.25) is 14.6 Å². The Morgan fingerprint density at radius 1 is 1.41 bits per heavy atom. The number of ether oxygens (including phenoxy) is 1. The summed E-state index contributed by atoms with van der Waals surface area (Å²) in [6.07, 6.45) is -6.11. The first kappa shape index (κ1) is 26.5. The van der Waals surface area contributed by atoms with Crippen LogP contribution < -0.4 is 21.3 Å². The van der Waals surface area contributed by atoms with Crippen molar-refractivity contribution in [3.05, 3.63) is 53.9 Å². The van der Waals surface area contributed by atoms with Crippen molar-refractivity contribution in [3.8, 4) is 0 Å². The molecule has 0 spiro atoms. The van der Waals surface area contributed by atoms with Gasteiger partial charge in [0.25, 0.3) is 5.91 Å². The van der Waals surface area contributed by atoms with Gasteiger partial charge in [0.05, 0.1) is 35.6 Å². The molecule has 11 nitrogen and oxygen atoms in total. The third-order valence-corrected chi connectivity index (χ3v) is 4.81. The summed E-state index contributed by atoms with van der Waals surface area (Å²) in [7, 11) is 1.22. The molecule has 15 heteroatoms. The largest absolute Gasteiger partial charge is 0.511 e. The first-order valence-corrected chi connectivity index (χ1v) is 9.36. The number of nitrogens with zero attached hydrogens (tertiary/aromatic N) is 3. The predicted molar refractivity (Wildman–Crippen MR) is 116 cm³/mol. The molecule has 5 N–H and O–H groups in total. The van der Waals surface area contributed by atoms with Gasteiger partial charge in [0, 0.05) is 7.05 Å². The fraction of sp³-hybridized carbons (Fsp3) is 0.263. The zero-order valence-corrected chi connectivity index (χ0v) is 18.3. The van der Waals surface area contributed by atoms with Crippen LogP contribution in [0.4, 0.5) is 28.4 Å². The van der Waals surface area contributed by atoms with Gasteiger partial charge in [0.1, 0.15) is 6.17 Å². The van der Waals surface area contributed by atoms with Gasteiger partial charge in [-0.15, -0.1) is 19.0 Å². The number of hydrogen-bond acceptors (Lipinski definition) is 7. The van der Waals surface area contributed by atoms with Crippen LogP contribution in [0.5, 0.6) is 0 Å². The average molecular weight is 505 g/mol. The molecule has 3 rings (SSSR count). The first-order valence-electron chi connectivity index (χ1n) is 9.36. The second-order valence-electron chi connectivity index (χ2n) is 6.82. The van der Waals surface area contributed by atoms with E-state index in [-0.39, 0.29) is 24.9 Å². The highest BCUT2D eigenvalue weighted by atomic mass is 35.5. The summed E-state index contributed by atoms with van der Waals surface area (Å²) in [6.45, 7) is 3.51. The molecular weight excluding hydrogens is 485 g/mol. The summed E-state index contributed by atoms with van der Waals surface area (Å²) in [6, 6.07) is 1.62. The number of aliphatic imine (C=N–C) groups is 1. The Balaban J connectivity index is 0.00000408. The van der Waals surface area contributed by atoms with E-state index in [9.17, 15) is 27.6 Å². The molecule has 34 heavy (non-hydrogen) atoms. The molecule has 1 aromatic rings. The number of hydrogen-bond donors (Lipinski definition) is 4. The Morgan fingerprint density at radius 3 is 2.62 bits per heavy atom. The van der Waals surface area contributed by atoms with Gasteiger partial charge in [0.2, 0.25) is 5.96 Å². The Morgan fingerprint density at radius 2 is 2.09 bits per heavy atom. The monoisotopic (exact) mass is 504 g/mol. The quantitative estimate of drug-likeness (QED) is 0.362. The Labute approximate surface area is 197 Å². The summed E-state index contributed by atoms with van der Waals surface area (Å²) >= 11 is 0. The number of halogens is 4.